The van der Waals surface area contributed by atoms with Gasteiger partial charge in [0.2, 0.25) is 0 Å². The molecule has 1 heterocycles. The maximum atomic E-state index is 13.0. The van der Waals surface area contributed by atoms with Crippen LogP contribution in [0, 0.1) is 12.7 Å². The molecule has 2 aromatic rings. The van der Waals surface area contributed by atoms with Crippen LogP contribution < -0.4 is 0 Å². The standard InChI is InChI=1S/C9H7BrFN/c1-5-4-12-9-3-7(10)8(11)2-6(5)9/h2-4,12H,1H3. The zero-order valence-electron chi connectivity index (χ0n) is 6.49. The maximum Gasteiger partial charge on any atom is 0.138 e. The van der Waals surface area contributed by atoms with Crippen LogP contribution in [0.3, 0.4) is 0 Å². The fourth-order valence-corrected chi connectivity index (χ4v) is 1.60. The number of hydrogen-bond donors (Lipinski definition) is 1. The molecule has 1 nitrogen and oxygen atoms in total. The lowest BCUT2D eigenvalue weighted by atomic mass is 10.2. The summed E-state index contributed by atoms with van der Waals surface area (Å²) in [5.74, 6) is -0.217. The van der Waals surface area contributed by atoms with Crippen LogP contribution in [-0.2, 0) is 0 Å². The number of H-pyrrole nitrogens is 1. The highest BCUT2D eigenvalue weighted by molar-refractivity contribution is 9.10. The second-order valence-corrected chi connectivity index (χ2v) is 3.64. The molecule has 3 heteroatoms. The minimum absolute atomic E-state index is 0.217. The molecular formula is C9H7BrFN. The van der Waals surface area contributed by atoms with Gasteiger partial charge in [-0.2, -0.15) is 0 Å². The molecule has 0 spiro atoms. The van der Waals surface area contributed by atoms with Crippen molar-refractivity contribution >= 4 is 26.8 Å². The highest BCUT2D eigenvalue weighted by Crippen LogP contribution is 2.24. The van der Waals surface area contributed by atoms with E-state index in [1.54, 1.807) is 6.07 Å². The van der Waals surface area contributed by atoms with Crippen molar-refractivity contribution < 1.29 is 4.39 Å². The first-order valence-corrected chi connectivity index (χ1v) is 4.40. The Labute approximate surface area is 77.7 Å². The molecule has 0 saturated heterocycles. The molecule has 1 N–H and O–H groups in total. The third kappa shape index (κ3) is 1.05. The topological polar surface area (TPSA) is 15.8 Å². The van der Waals surface area contributed by atoms with Gasteiger partial charge in [0.05, 0.1) is 4.47 Å². The lowest BCUT2D eigenvalue weighted by molar-refractivity contribution is 0.623. The Morgan fingerprint density at radius 3 is 2.92 bits per heavy atom. The van der Waals surface area contributed by atoms with Gasteiger partial charge >= 0.3 is 0 Å². The van der Waals surface area contributed by atoms with E-state index < -0.39 is 0 Å². The van der Waals surface area contributed by atoms with Crippen molar-refractivity contribution in [1.29, 1.82) is 0 Å². The summed E-state index contributed by atoms with van der Waals surface area (Å²) in [5, 5.41) is 0.940. The summed E-state index contributed by atoms with van der Waals surface area (Å²) < 4.78 is 13.5. The molecule has 0 saturated carbocycles. The average Bonchev–Trinajstić information content (AvgIpc) is 2.35. The Morgan fingerprint density at radius 2 is 2.17 bits per heavy atom. The van der Waals surface area contributed by atoms with Gasteiger partial charge in [0.25, 0.3) is 0 Å². The number of aryl methyl sites for hydroxylation is 1. The quantitative estimate of drug-likeness (QED) is 0.711. The summed E-state index contributed by atoms with van der Waals surface area (Å²) in [7, 11) is 0. The zero-order chi connectivity index (χ0) is 8.72. The van der Waals surface area contributed by atoms with Gasteiger partial charge in [0, 0.05) is 17.1 Å². The van der Waals surface area contributed by atoms with Crippen LogP contribution in [0.25, 0.3) is 10.9 Å². The molecule has 1 aromatic carbocycles. The van der Waals surface area contributed by atoms with Gasteiger partial charge in [-0.25, -0.2) is 4.39 Å². The molecule has 0 radical (unpaired) electrons. The molecule has 0 bridgehead atoms. The molecule has 0 aliphatic heterocycles. The number of hydrogen-bond acceptors (Lipinski definition) is 0. The molecule has 0 atom stereocenters. The first-order chi connectivity index (χ1) is 5.68. The van der Waals surface area contributed by atoms with Gasteiger partial charge in [-0.05, 0) is 40.5 Å². The van der Waals surface area contributed by atoms with Crippen LogP contribution in [0.1, 0.15) is 5.56 Å². The summed E-state index contributed by atoms with van der Waals surface area (Å²) in [4.78, 5) is 3.06. The third-order valence-electron chi connectivity index (χ3n) is 1.93. The highest BCUT2D eigenvalue weighted by atomic mass is 79.9. The van der Waals surface area contributed by atoms with Gasteiger partial charge in [-0.1, -0.05) is 0 Å². The largest absolute Gasteiger partial charge is 0.361 e. The molecule has 2 rings (SSSR count). The van der Waals surface area contributed by atoms with Crippen LogP contribution in [0.5, 0.6) is 0 Å². The summed E-state index contributed by atoms with van der Waals surface area (Å²) in [6.07, 6.45) is 1.87. The van der Waals surface area contributed by atoms with Crippen LogP contribution in [0.15, 0.2) is 22.8 Å². The van der Waals surface area contributed by atoms with Crippen molar-refractivity contribution in [1.82, 2.24) is 4.98 Å². The van der Waals surface area contributed by atoms with E-state index in [1.165, 1.54) is 6.07 Å². The second kappa shape index (κ2) is 2.59. The number of benzene rings is 1. The first kappa shape index (κ1) is 7.80. The molecule has 12 heavy (non-hydrogen) atoms. The minimum atomic E-state index is -0.217. The van der Waals surface area contributed by atoms with Crippen LogP contribution >= 0.6 is 15.9 Å². The molecule has 0 aliphatic rings. The minimum Gasteiger partial charge on any atom is -0.361 e. The fourth-order valence-electron chi connectivity index (χ4n) is 1.26. The SMILES string of the molecule is Cc1c[nH]c2cc(Br)c(F)cc12. The van der Waals surface area contributed by atoms with E-state index in [1.807, 2.05) is 13.1 Å². The lowest BCUT2D eigenvalue weighted by Crippen LogP contribution is -1.77. The Morgan fingerprint density at radius 1 is 1.42 bits per heavy atom. The molecule has 1 aromatic heterocycles. The van der Waals surface area contributed by atoms with Gasteiger partial charge in [-0.15, -0.1) is 0 Å². The summed E-state index contributed by atoms with van der Waals surface area (Å²) in [6, 6.07) is 3.28. The Balaban J connectivity index is 2.87. The monoisotopic (exact) mass is 227 g/mol. The first-order valence-electron chi connectivity index (χ1n) is 3.61. The van der Waals surface area contributed by atoms with Crippen molar-refractivity contribution in [3.63, 3.8) is 0 Å². The number of fused-ring (bicyclic) bond motifs is 1. The molecular weight excluding hydrogens is 221 g/mol. The number of aromatic amines is 1. The number of halogens is 2. The molecule has 62 valence electrons. The summed E-state index contributed by atoms with van der Waals surface area (Å²) in [6.45, 7) is 1.95. The Hall–Kier alpha value is -0.830. The van der Waals surface area contributed by atoms with E-state index in [0.717, 1.165) is 16.5 Å². The van der Waals surface area contributed by atoms with Gasteiger partial charge < -0.3 is 4.98 Å². The van der Waals surface area contributed by atoms with Gasteiger partial charge in [-0.3, -0.25) is 0 Å². The number of aromatic nitrogens is 1. The normalized spacial score (nSPS) is 10.9. The zero-order valence-corrected chi connectivity index (χ0v) is 8.07. The van der Waals surface area contributed by atoms with Crippen molar-refractivity contribution in [2.75, 3.05) is 0 Å². The Bertz CT molecular complexity index is 433. The van der Waals surface area contributed by atoms with Crippen LogP contribution in [0.4, 0.5) is 4.39 Å². The van der Waals surface area contributed by atoms with Crippen molar-refractivity contribution in [3.05, 3.63) is 34.2 Å². The third-order valence-corrected chi connectivity index (χ3v) is 2.54. The predicted octanol–water partition coefficient (Wildman–Crippen LogP) is 3.38. The highest BCUT2D eigenvalue weighted by Gasteiger charge is 2.04. The van der Waals surface area contributed by atoms with E-state index in [-0.39, 0.29) is 5.82 Å². The van der Waals surface area contributed by atoms with E-state index >= 15 is 0 Å². The second-order valence-electron chi connectivity index (χ2n) is 2.78. The summed E-state index contributed by atoms with van der Waals surface area (Å²) in [5.41, 5.74) is 2.03. The molecule has 0 aliphatic carbocycles. The van der Waals surface area contributed by atoms with Crippen LogP contribution in [-0.4, -0.2) is 4.98 Å². The van der Waals surface area contributed by atoms with Crippen molar-refractivity contribution in [2.45, 2.75) is 6.92 Å². The molecule has 0 unspecified atom stereocenters. The summed E-state index contributed by atoms with van der Waals surface area (Å²) >= 11 is 3.13. The number of nitrogens with one attached hydrogen (secondary N) is 1. The molecule has 0 fully saturated rings. The van der Waals surface area contributed by atoms with E-state index in [4.69, 9.17) is 0 Å². The van der Waals surface area contributed by atoms with Gasteiger partial charge in [0.15, 0.2) is 0 Å². The molecule has 0 amide bonds. The number of rotatable bonds is 0. The van der Waals surface area contributed by atoms with Crippen LogP contribution in [0.2, 0.25) is 0 Å². The Kier molecular flexibility index (Phi) is 1.68. The van der Waals surface area contributed by atoms with E-state index in [9.17, 15) is 4.39 Å². The predicted molar refractivity (Wildman–Crippen MR) is 50.7 cm³/mol. The van der Waals surface area contributed by atoms with Crippen molar-refractivity contribution in [2.24, 2.45) is 0 Å². The lowest BCUT2D eigenvalue weighted by Gasteiger charge is -1.95. The maximum absolute atomic E-state index is 13.0. The van der Waals surface area contributed by atoms with Gasteiger partial charge in [0.1, 0.15) is 5.82 Å². The van der Waals surface area contributed by atoms with Crippen molar-refractivity contribution in [3.8, 4) is 0 Å². The smallest absolute Gasteiger partial charge is 0.138 e. The average molecular weight is 228 g/mol. The van der Waals surface area contributed by atoms with E-state index in [2.05, 4.69) is 20.9 Å². The fraction of sp³-hybridized carbons (Fsp3) is 0.111. The van der Waals surface area contributed by atoms with E-state index in [0.29, 0.717) is 4.47 Å².